The number of ether oxygens (including phenoxy) is 1. The summed E-state index contributed by atoms with van der Waals surface area (Å²) in [5.74, 6) is 0.795. The van der Waals surface area contributed by atoms with Crippen molar-refractivity contribution >= 4 is 16.9 Å². The van der Waals surface area contributed by atoms with Crippen LogP contribution in [0.4, 0.5) is 5.95 Å². The van der Waals surface area contributed by atoms with Crippen molar-refractivity contribution in [1.29, 1.82) is 0 Å². The van der Waals surface area contributed by atoms with Crippen molar-refractivity contribution in [2.75, 3.05) is 31.2 Å². The monoisotopic (exact) mass is 309 g/mol. The zero-order valence-electron chi connectivity index (χ0n) is 14.0. The molecule has 1 fully saturated rings. The minimum atomic E-state index is 0.542. The van der Waals surface area contributed by atoms with Crippen LogP contribution in [0.1, 0.15) is 12.6 Å². The molecule has 1 aliphatic rings. The number of aromatic nitrogens is 3. The molecule has 1 saturated heterocycles. The predicted molar refractivity (Wildman–Crippen MR) is 90.8 cm³/mol. The van der Waals surface area contributed by atoms with Crippen molar-refractivity contribution in [3.05, 3.63) is 54.0 Å². The molecule has 0 spiro atoms. The average Bonchev–Trinajstić information content (AvgIpc) is 3.03. The second-order valence-corrected chi connectivity index (χ2v) is 5.73. The Morgan fingerprint density at radius 3 is 3.04 bits per heavy atom. The van der Waals surface area contributed by atoms with E-state index in [1.807, 2.05) is 36.7 Å². The van der Waals surface area contributed by atoms with Crippen molar-refractivity contribution in [2.24, 2.45) is 0 Å². The molecule has 0 saturated carbocycles. The van der Waals surface area contributed by atoms with Crippen molar-refractivity contribution in [2.45, 2.75) is 12.8 Å². The first-order valence-electron chi connectivity index (χ1n) is 8.51. The molecular formula is C18H20N4O. The van der Waals surface area contributed by atoms with E-state index in [4.69, 9.17) is 11.1 Å². The minimum Gasteiger partial charge on any atom is -0.378 e. The van der Waals surface area contributed by atoms with Gasteiger partial charge in [0.1, 0.15) is 0 Å². The standard InChI is InChI=1S/C18H20N4O/c1-2-4-17-16(3-1)14(13-20-17)5-6-15-7-8-19-18(21-15)22-9-11-23-12-10-22/h1-4,7-8,13,20H,5-6,9-12H2/i1D. The van der Waals surface area contributed by atoms with Crippen LogP contribution in [0.25, 0.3) is 10.9 Å². The zero-order valence-corrected chi connectivity index (χ0v) is 13.0. The third kappa shape index (κ3) is 3.05. The van der Waals surface area contributed by atoms with Crippen LogP contribution in [0.3, 0.4) is 0 Å². The molecule has 0 radical (unpaired) electrons. The van der Waals surface area contributed by atoms with Crippen LogP contribution in [-0.4, -0.2) is 41.3 Å². The molecule has 0 unspecified atom stereocenters. The fourth-order valence-corrected chi connectivity index (χ4v) is 2.97. The number of nitrogens with one attached hydrogen (secondary N) is 1. The maximum absolute atomic E-state index is 7.80. The van der Waals surface area contributed by atoms with Gasteiger partial charge in [0.25, 0.3) is 0 Å². The first-order chi connectivity index (χ1) is 11.8. The Hall–Kier alpha value is -2.40. The number of hydrogen-bond acceptors (Lipinski definition) is 4. The van der Waals surface area contributed by atoms with E-state index in [0.717, 1.165) is 61.7 Å². The number of rotatable bonds is 4. The fraction of sp³-hybridized carbons (Fsp3) is 0.333. The third-order valence-corrected chi connectivity index (χ3v) is 4.26. The first kappa shape index (κ1) is 13.1. The van der Waals surface area contributed by atoms with E-state index in [-0.39, 0.29) is 0 Å². The Balaban J connectivity index is 1.49. The van der Waals surface area contributed by atoms with Gasteiger partial charge in [-0.1, -0.05) is 18.2 Å². The predicted octanol–water partition coefficient (Wildman–Crippen LogP) is 2.58. The lowest BCUT2D eigenvalue weighted by atomic mass is 10.1. The fourth-order valence-electron chi connectivity index (χ4n) is 2.97. The number of para-hydroxylation sites is 1. The summed E-state index contributed by atoms with van der Waals surface area (Å²) in [6.07, 6.45) is 5.62. The van der Waals surface area contributed by atoms with Crippen molar-refractivity contribution < 1.29 is 6.11 Å². The Labute approximate surface area is 136 Å². The van der Waals surface area contributed by atoms with E-state index in [1.165, 1.54) is 5.56 Å². The highest BCUT2D eigenvalue weighted by molar-refractivity contribution is 5.83. The highest BCUT2D eigenvalue weighted by Crippen LogP contribution is 2.19. The third-order valence-electron chi connectivity index (χ3n) is 4.26. The molecule has 1 aliphatic heterocycles. The minimum absolute atomic E-state index is 0.542. The molecule has 1 aromatic carbocycles. The summed E-state index contributed by atoms with van der Waals surface area (Å²) in [5, 5.41) is 1.13. The molecule has 1 N–H and O–H groups in total. The molecule has 4 rings (SSSR count). The number of nitrogens with zero attached hydrogens (tertiary/aromatic N) is 3. The van der Waals surface area contributed by atoms with Crippen LogP contribution >= 0.6 is 0 Å². The van der Waals surface area contributed by atoms with Gasteiger partial charge < -0.3 is 14.6 Å². The second-order valence-electron chi connectivity index (χ2n) is 5.73. The SMILES string of the molecule is [2H]c1ccc2[nH]cc(CCc3ccnc(N4CCOCC4)n3)c2c1. The summed E-state index contributed by atoms with van der Waals surface area (Å²) in [7, 11) is 0. The van der Waals surface area contributed by atoms with Gasteiger partial charge in [-0.25, -0.2) is 9.97 Å². The zero-order chi connectivity index (χ0) is 16.4. The van der Waals surface area contributed by atoms with Gasteiger partial charge in [0.15, 0.2) is 0 Å². The molecule has 0 amide bonds. The number of H-pyrrole nitrogens is 1. The van der Waals surface area contributed by atoms with Crippen molar-refractivity contribution in [3.63, 3.8) is 0 Å². The number of hydrogen-bond donors (Lipinski definition) is 1. The smallest absolute Gasteiger partial charge is 0.225 e. The molecule has 2 aromatic heterocycles. The summed E-state index contributed by atoms with van der Waals surface area (Å²) < 4.78 is 13.2. The molecule has 0 bridgehead atoms. The lowest BCUT2D eigenvalue weighted by Gasteiger charge is -2.26. The van der Waals surface area contributed by atoms with E-state index >= 15 is 0 Å². The highest BCUT2D eigenvalue weighted by atomic mass is 16.5. The Morgan fingerprint density at radius 2 is 2.13 bits per heavy atom. The Morgan fingerprint density at radius 1 is 1.22 bits per heavy atom. The van der Waals surface area contributed by atoms with E-state index in [0.29, 0.717) is 6.04 Å². The first-order valence-corrected chi connectivity index (χ1v) is 8.01. The van der Waals surface area contributed by atoms with Gasteiger partial charge in [-0.2, -0.15) is 0 Å². The number of fused-ring (bicyclic) bond motifs is 1. The highest BCUT2D eigenvalue weighted by Gasteiger charge is 2.14. The maximum Gasteiger partial charge on any atom is 0.225 e. The second kappa shape index (κ2) is 6.38. The van der Waals surface area contributed by atoms with Crippen LogP contribution in [0.15, 0.2) is 42.7 Å². The number of benzene rings is 1. The molecule has 5 heteroatoms. The number of aromatic amines is 1. The van der Waals surface area contributed by atoms with Gasteiger partial charge in [-0.05, 0) is 30.5 Å². The molecule has 3 aromatic rings. The van der Waals surface area contributed by atoms with Gasteiger partial charge >= 0.3 is 0 Å². The number of aryl methyl sites for hydroxylation is 2. The van der Waals surface area contributed by atoms with E-state index in [1.54, 1.807) is 0 Å². The molecular weight excluding hydrogens is 288 g/mol. The van der Waals surface area contributed by atoms with Gasteiger partial charge in [0.2, 0.25) is 5.95 Å². The summed E-state index contributed by atoms with van der Waals surface area (Å²) in [4.78, 5) is 14.6. The summed E-state index contributed by atoms with van der Waals surface area (Å²) >= 11 is 0. The van der Waals surface area contributed by atoms with E-state index in [9.17, 15) is 0 Å². The van der Waals surface area contributed by atoms with Crippen LogP contribution in [-0.2, 0) is 17.6 Å². The van der Waals surface area contributed by atoms with Gasteiger partial charge in [-0.3, -0.25) is 0 Å². The van der Waals surface area contributed by atoms with Crippen molar-refractivity contribution in [1.82, 2.24) is 15.0 Å². The van der Waals surface area contributed by atoms with E-state index < -0.39 is 0 Å². The molecule has 0 atom stereocenters. The Kier molecular flexibility index (Phi) is 3.63. The van der Waals surface area contributed by atoms with Crippen LogP contribution in [0.2, 0.25) is 0 Å². The van der Waals surface area contributed by atoms with Gasteiger partial charge in [0.05, 0.1) is 14.6 Å². The summed E-state index contributed by atoms with van der Waals surface area (Å²) in [6.45, 7) is 3.16. The van der Waals surface area contributed by atoms with E-state index in [2.05, 4.69) is 14.9 Å². The van der Waals surface area contributed by atoms with Gasteiger partial charge in [-0.15, -0.1) is 0 Å². The topological polar surface area (TPSA) is 54.0 Å². The molecule has 5 nitrogen and oxygen atoms in total. The quantitative estimate of drug-likeness (QED) is 0.805. The lowest BCUT2D eigenvalue weighted by molar-refractivity contribution is 0.122. The normalized spacial score (nSPS) is 15.8. The van der Waals surface area contributed by atoms with Gasteiger partial charge in [0, 0.05) is 42.1 Å². The number of morpholine rings is 1. The Bertz CT molecular complexity index is 842. The largest absolute Gasteiger partial charge is 0.378 e. The lowest BCUT2D eigenvalue weighted by Crippen LogP contribution is -2.37. The number of anilines is 1. The van der Waals surface area contributed by atoms with Crippen molar-refractivity contribution in [3.8, 4) is 0 Å². The summed E-state index contributed by atoms with van der Waals surface area (Å²) in [6, 6.07) is 8.21. The molecule has 23 heavy (non-hydrogen) atoms. The van der Waals surface area contributed by atoms with Crippen LogP contribution in [0, 0.1) is 0 Å². The maximum atomic E-state index is 7.80. The van der Waals surface area contributed by atoms with Crippen LogP contribution < -0.4 is 4.90 Å². The average molecular weight is 309 g/mol. The van der Waals surface area contributed by atoms with Crippen LogP contribution in [0.5, 0.6) is 0 Å². The molecule has 0 aliphatic carbocycles. The molecule has 3 heterocycles. The molecule has 118 valence electrons. The summed E-state index contributed by atoms with van der Waals surface area (Å²) in [5.41, 5.74) is 3.35.